The molecule has 21 heavy (non-hydrogen) atoms. The average molecular weight is 305 g/mol. The zero-order chi connectivity index (χ0) is 16.4. The fraction of sp³-hybridized carbons (Fsp3) is 0.700. The number of nitrogens with two attached hydrogens (primary N) is 1. The van der Waals surface area contributed by atoms with Crippen molar-refractivity contribution >= 4 is 17.9 Å². The molecule has 120 valence electrons. The molecule has 1 rings (SSSR count). The molecular weight excluding hydrogens is 286 g/mol. The van der Waals surface area contributed by atoms with Crippen molar-refractivity contribution in [3.8, 4) is 0 Å². The number of carbonyl (C=O) groups is 2. The van der Waals surface area contributed by atoms with Gasteiger partial charge in [-0.15, -0.1) is 0 Å². The third kappa shape index (κ3) is 4.26. The lowest BCUT2D eigenvalue weighted by Gasteiger charge is -2.40. The highest BCUT2D eigenvalue weighted by Crippen LogP contribution is 2.11. The standard InChI is InChI=1S/C10H19N5O6/c1-4-12-9(15(2)3)14-10(11,13-4)21-6(8(19)20)5(16)7(17)18/h4-6,13,16H,11H2,1-3H3,(H,12,14)(H,17,18)(H,19,20). The molecule has 4 atom stereocenters. The van der Waals surface area contributed by atoms with Gasteiger partial charge in [-0.3, -0.25) is 5.73 Å². The van der Waals surface area contributed by atoms with Gasteiger partial charge in [0, 0.05) is 14.1 Å². The minimum atomic E-state index is -2.27. The van der Waals surface area contributed by atoms with Crippen LogP contribution in [0.2, 0.25) is 0 Å². The van der Waals surface area contributed by atoms with E-state index in [1.165, 1.54) is 0 Å². The molecule has 0 aromatic carbocycles. The van der Waals surface area contributed by atoms with Gasteiger partial charge in [0.05, 0.1) is 0 Å². The lowest BCUT2D eigenvalue weighted by atomic mass is 10.2. The van der Waals surface area contributed by atoms with Crippen molar-refractivity contribution in [2.24, 2.45) is 10.7 Å². The minimum Gasteiger partial charge on any atom is -0.479 e. The fourth-order valence-electron chi connectivity index (χ4n) is 1.63. The van der Waals surface area contributed by atoms with Gasteiger partial charge in [0.1, 0.15) is 6.17 Å². The second-order valence-electron chi connectivity index (χ2n) is 4.69. The van der Waals surface area contributed by atoms with E-state index in [0.29, 0.717) is 5.96 Å². The summed E-state index contributed by atoms with van der Waals surface area (Å²) in [5.41, 5.74) is 5.83. The third-order valence-corrected chi connectivity index (χ3v) is 2.56. The molecule has 11 heteroatoms. The van der Waals surface area contributed by atoms with E-state index >= 15 is 0 Å². The zero-order valence-electron chi connectivity index (χ0n) is 11.8. The van der Waals surface area contributed by atoms with E-state index in [0.717, 1.165) is 0 Å². The number of hydrogen-bond donors (Lipinski definition) is 6. The lowest BCUT2D eigenvalue weighted by molar-refractivity contribution is -0.197. The van der Waals surface area contributed by atoms with Crippen LogP contribution in [0.1, 0.15) is 6.92 Å². The van der Waals surface area contributed by atoms with Crippen LogP contribution in [0.4, 0.5) is 0 Å². The van der Waals surface area contributed by atoms with Crippen LogP contribution in [0, 0.1) is 0 Å². The van der Waals surface area contributed by atoms with Gasteiger partial charge in [0.2, 0.25) is 0 Å². The summed E-state index contributed by atoms with van der Waals surface area (Å²) in [6.45, 7) is 1.64. The molecule has 0 aromatic rings. The van der Waals surface area contributed by atoms with Gasteiger partial charge in [-0.05, 0) is 6.92 Å². The van der Waals surface area contributed by atoms with Crippen molar-refractivity contribution in [3.63, 3.8) is 0 Å². The Labute approximate surface area is 120 Å². The summed E-state index contributed by atoms with van der Waals surface area (Å²) in [6, 6.07) is 0. The van der Waals surface area contributed by atoms with Crippen LogP contribution < -0.4 is 16.4 Å². The van der Waals surface area contributed by atoms with E-state index in [4.69, 9.17) is 20.7 Å². The number of hydrogen-bond acceptors (Lipinski definition) is 9. The maximum absolute atomic E-state index is 11.1. The van der Waals surface area contributed by atoms with E-state index in [-0.39, 0.29) is 0 Å². The van der Waals surface area contributed by atoms with E-state index in [9.17, 15) is 14.7 Å². The second-order valence-corrected chi connectivity index (χ2v) is 4.69. The van der Waals surface area contributed by atoms with Crippen LogP contribution in [0.25, 0.3) is 0 Å². The molecule has 11 nitrogen and oxygen atoms in total. The summed E-state index contributed by atoms with van der Waals surface area (Å²) in [7, 11) is 3.34. The molecule has 1 aliphatic heterocycles. The first-order valence-electron chi connectivity index (χ1n) is 5.97. The number of nitrogens with zero attached hydrogens (tertiary/aromatic N) is 2. The number of aliphatic carboxylic acids is 2. The summed E-state index contributed by atoms with van der Waals surface area (Å²) in [4.78, 5) is 27.5. The van der Waals surface area contributed by atoms with Gasteiger partial charge in [-0.2, -0.15) is 0 Å². The van der Waals surface area contributed by atoms with Crippen LogP contribution in [-0.4, -0.2) is 76.6 Å². The molecule has 0 amide bonds. The smallest absolute Gasteiger partial charge is 0.336 e. The number of aliphatic hydroxyl groups is 1. The van der Waals surface area contributed by atoms with Crippen molar-refractivity contribution in [1.29, 1.82) is 0 Å². The lowest BCUT2D eigenvalue weighted by Crippen LogP contribution is -2.74. The Morgan fingerprint density at radius 1 is 1.43 bits per heavy atom. The Morgan fingerprint density at radius 3 is 2.43 bits per heavy atom. The van der Waals surface area contributed by atoms with Crippen molar-refractivity contribution in [1.82, 2.24) is 15.5 Å². The molecule has 0 aliphatic carbocycles. The predicted octanol–water partition coefficient (Wildman–Crippen LogP) is -3.07. The molecule has 0 bridgehead atoms. The highest BCUT2D eigenvalue weighted by Gasteiger charge is 2.43. The number of guanidine groups is 1. The molecule has 0 radical (unpaired) electrons. The van der Waals surface area contributed by atoms with E-state index in [2.05, 4.69) is 15.6 Å². The number of aliphatic imine (C=N–C) groups is 1. The fourth-order valence-corrected chi connectivity index (χ4v) is 1.63. The Morgan fingerprint density at radius 2 is 2.00 bits per heavy atom. The van der Waals surface area contributed by atoms with Gasteiger partial charge >= 0.3 is 11.9 Å². The maximum atomic E-state index is 11.1. The molecule has 4 unspecified atom stereocenters. The number of ether oxygens (including phenoxy) is 1. The van der Waals surface area contributed by atoms with Gasteiger partial charge in [0.15, 0.2) is 18.2 Å². The normalized spacial score (nSPS) is 28.0. The van der Waals surface area contributed by atoms with Gasteiger partial charge in [-0.25, -0.2) is 19.9 Å². The van der Waals surface area contributed by atoms with Crippen molar-refractivity contribution in [2.75, 3.05) is 14.1 Å². The molecule has 0 spiro atoms. The first kappa shape index (κ1) is 17.1. The molecule has 1 heterocycles. The molecule has 0 saturated heterocycles. The van der Waals surface area contributed by atoms with Gasteiger partial charge < -0.3 is 30.3 Å². The molecule has 7 N–H and O–H groups in total. The van der Waals surface area contributed by atoms with E-state index in [1.807, 2.05) is 0 Å². The Balaban J connectivity index is 2.95. The molecular formula is C10H19N5O6. The maximum Gasteiger partial charge on any atom is 0.336 e. The number of aliphatic hydroxyl groups excluding tert-OH is 1. The molecule has 0 fully saturated rings. The van der Waals surface area contributed by atoms with Crippen LogP contribution >= 0.6 is 0 Å². The number of carboxylic acid groups (broad SMARTS) is 2. The Kier molecular flexibility index (Phi) is 5.06. The SMILES string of the molecule is CC1N=C(N(C)C)NC(N)(OC(C(=O)O)C(O)C(=O)O)N1. The summed E-state index contributed by atoms with van der Waals surface area (Å²) in [6.07, 6.45) is -4.87. The summed E-state index contributed by atoms with van der Waals surface area (Å²) >= 11 is 0. The Bertz CT molecular complexity index is 455. The predicted molar refractivity (Wildman–Crippen MR) is 69.9 cm³/mol. The van der Waals surface area contributed by atoms with Gasteiger partial charge in [-0.1, -0.05) is 0 Å². The number of carboxylic acids is 2. The average Bonchev–Trinajstić information content (AvgIpc) is 2.33. The van der Waals surface area contributed by atoms with Crippen molar-refractivity contribution in [3.05, 3.63) is 0 Å². The second kappa shape index (κ2) is 6.22. The van der Waals surface area contributed by atoms with Crippen molar-refractivity contribution in [2.45, 2.75) is 31.3 Å². The van der Waals surface area contributed by atoms with Crippen LogP contribution in [0.3, 0.4) is 0 Å². The zero-order valence-corrected chi connectivity index (χ0v) is 11.8. The first-order chi connectivity index (χ1) is 9.55. The number of nitrogens with one attached hydrogen (secondary N) is 2. The minimum absolute atomic E-state index is 0.303. The quantitative estimate of drug-likeness (QED) is 0.286. The first-order valence-corrected chi connectivity index (χ1v) is 5.97. The van der Waals surface area contributed by atoms with Crippen LogP contribution in [0.15, 0.2) is 4.99 Å². The summed E-state index contributed by atoms with van der Waals surface area (Å²) in [5, 5.41) is 32.3. The molecule has 0 aromatic heterocycles. The summed E-state index contributed by atoms with van der Waals surface area (Å²) in [5.74, 6) is -5.01. The summed E-state index contributed by atoms with van der Waals surface area (Å²) < 4.78 is 5.03. The third-order valence-electron chi connectivity index (χ3n) is 2.56. The molecule has 1 aliphatic rings. The topological polar surface area (TPSA) is 170 Å². The van der Waals surface area contributed by atoms with Crippen molar-refractivity contribution < 1.29 is 29.6 Å². The Hall–Kier alpha value is -1.95. The number of rotatable bonds is 5. The van der Waals surface area contributed by atoms with Crippen LogP contribution in [-0.2, 0) is 14.3 Å². The van der Waals surface area contributed by atoms with Gasteiger partial charge in [0.25, 0.3) is 5.97 Å². The van der Waals surface area contributed by atoms with Crippen LogP contribution in [0.5, 0.6) is 0 Å². The molecule has 0 saturated carbocycles. The van der Waals surface area contributed by atoms with E-state index < -0.39 is 36.3 Å². The largest absolute Gasteiger partial charge is 0.479 e. The highest BCUT2D eigenvalue weighted by molar-refractivity contribution is 5.83. The monoisotopic (exact) mass is 305 g/mol. The highest BCUT2D eigenvalue weighted by atomic mass is 16.6. The van der Waals surface area contributed by atoms with E-state index in [1.54, 1.807) is 25.9 Å².